The second-order valence-electron chi connectivity index (χ2n) is 3.93. The summed E-state index contributed by atoms with van der Waals surface area (Å²) >= 11 is 7.31. The van der Waals surface area contributed by atoms with Gasteiger partial charge in [0, 0.05) is 28.6 Å². The second-order valence-corrected chi connectivity index (χ2v) is 5.52. The number of rotatable bonds is 2. The van der Waals surface area contributed by atoms with Crippen molar-refractivity contribution in [3.8, 4) is 0 Å². The molecule has 2 rings (SSSR count). The number of hydrogen-bond donors (Lipinski definition) is 1. The summed E-state index contributed by atoms with van der Waals surface area (Å²) in [5.74, 6) is 0.00138. The summed E-state index contributed by atoms with van der Waals surface area (Å²) < 4.78 is 0. The first kappa shape index (κ1) is 13.2. The van der Waals surface area contributed by atoms with Crippen molar-refractivity contribution in [2.45, 2.75) is 6.04 Å². The van der Waals surface area contributed by atoms with Gasteiger partial charge in [-0.15, -0.1) is 0 Å². The maximum absolute atomic E-state index is 12.2. The molecule has 1 amide bonds. The summed E-state index contributed by atoms with van der Waals surface area (Å²) in [5.41, 5.74) is 0.470. The molecule has 1 atom stereocenters. The van der Waals surface area contributed by atoms with Crippen LogP contribution in [-0.4, -0.2) is 46.0 Å². The van der Waals surface area contributed by atoms with Crippen LogP contribution in [-0.2, 0) is 4.79 Å². The third-order valence-electron chi connectivity index (χ3n) is 2.77. The summed E-state index contributed by atoms with van der Waals surface area (Å²) in [6, 6.07) is 5.75. The van der Waals surface area contributed by atoms with Gasteiger partial charge in [0.05, 0.1) is 0 Å². The van der Waals surface area contributed by atoms with Crippen LogP contribution in [0.3, 0.4) is 0 Å². The van der Waals surface area contributed by atoms with Gasteiger partial charge in [0.1, 0.15) is 6.04 Å². The fourth-order valence-electron chi connectivity index (χ4n) is 1.81. The molecular formula is C12H12ClNO3S. The molecule has 1 unspecified atom stereocenters. The molecule has 1 aliphatic heterocycles. The van der Waals surface area contributed by atoms with Crippen molar-refractivity contribution >= 4 is 35.2 Å². The van der Waals surface area contributed by atoms with E-state index in [2.05, 4.69) is 0 Å². The monoisotopic (exact) mass is 285 g/mol. The highest BCUT2D eigenvalue weighted by Crippen LogP contribution is 2.20. The van der Waals surface area contributed by atoms with Crippen molar-refractivity contribution in [1.82, 2.24) is 4.90 Å². The normalized spacial score (nSPS) is 19.6. The number of benzene rings is 1. The number of carboxylic acids is 1. The van der Waals surface area contributed by atoms with Gasteiger partial charge in [-0.3, -0.25) is 4.79 Å². The number of carbonyl (C=O) groups is 2. The molecular weight excluding hydrogens is 274 g/mol. The third kappa shape index (κ3) is 2.79. The number of hydrogen-bond acceptors (Lipinski definition) is 3. The standard InChI is InChI=1S/C12H12ClNO3S/c13-9-3-1-8(2-4-9)11(15)14-5-6-18-7-10(14)12(16)17/h1-4,10H,5-7H2,(H,16,17). The van der Waals surface area contributed by atoms with Crippen LogP contribution in [0.15, 0.2) is 24.3 Å². The van der Waals surface area contributed by atoms with E-state index < -0.39 is 12.0 Å². The Balaban J connectivity index is 2.20. The van der Waals surface area contributed by atoms with Gasteiger partial charge in [-0.2, -0.15) is 11.8 Å². The van der Waals surface area contributed by atoms with Gasteiger partial charge >= 0.3 is 5.97 Å². The van der Waals surface area contributed by atoms with Crippen LogP contribution >= 0.6 is 23.4 Å². The highest BCUT2D eigenvalue weighted by molar-refractivity contribution is 7.99. The average Bonchev–Trinajstić information content (AvgIpc) is 2.39. The van der Waals surface area contributed by atoms with Gasteiger partial charge in [0.2, 0.25) is 0 Å². The van der Waals surface area contributed by atoms with Gasteiger partial charge < -0.3 is 10.0 Å². The Bertz CT molecular complexity index is 463. The summed E-state index contributed by atoms with van der Waals surface area (Å²) in [6.45, 7) is 0.461. The fourth-order valence-corrected chi connectivity index (χ4v) is 2.97. The fraction of sp³-hybridized carbons (Fsp3) is 0.333. The van der Waals surface area contributed by atoms with Crippen LogP contribution < -0.4 is 0 Å². The number of amides is 1. The Labute approximate surface area is 114 Å². The lowest BCUT2D eigenvalue weighted by Gasteiger charge is -2.32. The van der Waals surface area contributed by atoms with E-state index in [1.54, 1.807) is 36.0 Å². The van der Waals surface area contributed by atoms with E-state index in [0.717, 1.165) is 5.75 Å². The summed E-state index contributed by atoms with van der Waals surface area (Å²) in [6.07, 6.45) is 0. The van der Waals surface area contributed by atoms with E-state index in [-0.39, 0.29) is 5.91 Å². The molecule has 6 heteroatoms. The molecule has 1 aromatic rings. The molecule has 0 spiro atoms. The highest BCUT2D eigenvalue weighted by atomic mass is 35.5. The lowest BCUT2D eigenvalue weighted by atomic mass is 10.1. The highest BCUT2D eigenvalue weighted by Gasteiger charge is 2.32. The average molecular weight is 286 g/mol. The van der Waals surface area contributed by atoms with E-state index in [0.29, 0.717) is 22.9 Å². The first-order valence-electron chi connectivity index (χ1n) is 5.46. The van der Waals surface area contributed by atoms with E-state index in [1.807, 2.05) is 0 Å². The third-order valence-corrected chi connectivity index (χ3v) is 4.04. The molecule has 0 aromatic heterocycles. The van der Waals surface area contributed by atoms with Gasteiger partial charge in [0.25, 0.3) is 5.91 Å². The van der Waals surface area contributed by atoms with Crippen LogP contribution in [0.2, 0.25) is 5.02 Å². The zero-order valence-electron chi connectivity index (χ0n) is 9.51. The molecule has 0 bridgehead atoms. The zero-order chi connectivity index (χ0) is 13.1. The number of aliphatic carboxylic acids is 1. The molecule has 1 saturated heterocycles. The van der Waals surface area contributed by atoms with Gasteiger partial charge in [0.15, 0.2) is 0 Å². The van der Waals surface area contributed by atoms with Crippen LogP contribution in [0.5, 0.6) is 0 Å². The lowest BCUT2D eigenvalue weighted by molar-refractivity contribution is -0.141. The topological polar surface area (TPSA) is 57.6 Å². The molecule has 1 aliphatic rings. The Morgan fingerprint density at radius 3 is 2.61 bits per heavy atom. The largest absolute Gasteiger partial charge is 0.480 e. The smallest absolute Gasteiger partial charge is 0.327 e. The zero-order valence-corrected chi connectivity index (χ0v) is 11.1. The first-order chi connectivity index (χ1) is 8.59. The maximum atomic E-state index is 12.2. The molecule has 1 N–H and O–H groups in total. The predicted octanol–water partition coefficient (Wildman–Crippen LogP) is 1.98. The minimum atomic E-state index is -0.954. The molecule has 4 nitrogen and oxygen atoms in total. The van der Waals surface area contributed by atoms with E-state index >= 15 is 0 Å². The molecule has 0 saturated carbocycles. The minimum absolute atomic E-state index is 0.251. The van der Waals surface area contributed by atoms with Crippen LogP contribution in [0, 0.1) is 0 Å². The quantitative estimate of drug-likeness (QED) is 0.903. The molecule has 1 heterocycles. The molecule has 96 valence electrons. The van der Waals surface area contributed by atoms with E-state index in [1.165, 1.54) is 4.90 Å². The Morgan fingerprint density at radius 2 is 2.00 bits per heavy atom. The predicted molar refractivity (Wildman–Crippen MR) is 71.2 cm³/mol. The number of halogens is 1. The Kier molecular flexibility index (Phi) is 4.14. The summed E-state index contributed by atoms with van der Waals surface area (Å²) in [5, 5.41) is 9.67. The minimum Gasteiger partial charge on any atom is -0.480 e. The molecule has 18 heavy (non-hydrogen) atoms. The Hall–Kier alpha value is -1.20. The van der Waals surface area contributed by atoms with Gasteiger partial charge in [-0.25, -0.2) is 4.79 Å². The van der Waals surface area contributed by atoms with Crippen molar-refractivity contribution in [2.24, 2.45) is 0 Å². The summed E-state index contributed by atoms with van der Waals surface area (Å²) in [4.78, 5) is 24.8. The maximum Gasteiger partial charge on any atom is 0.327 e. The summed E-state index contributed by atoms with van der Waals surface area (Å²) in [7, 11) is 0. The number of thioether (sulfide) groups is 1. The first-order valence-corrected chi connectivity index (χ1v) is 7.00. The van der Waals surface area contributed by atoms with Crippen molar-refractivity contribution in [3.63, 3.8) is 0 Å². The van der Waals surface area contributed by atoms with E-state index in [9.17, 15) is 9.59 Å². The molecule has 0 aliphatic carbocycles. The van der Waals surface area contributed by atoms with Crippen molar-refractivity contribution in [2.75, 3.05) is 18.1 Å². The van der Waals surface area contributed by atoms with Crippen molar-refractivity contribution in [1.29, 1.82) is 0 Å². The number of carbonyl (C=O) groups excluding carboxylic acids is 1. The lowest BCUT2D eigenvalue weighted by Crippen LogP contribution is -2.50. The Morgan fingerprint density at radius 1 is 1.33 bits per heavy atom. The number of nitrogens with zero attached hydrogens (tertiary/aromatic N) is 1. The van der Waals surface area contributed by atoms with Crippen molar-refractivity contribution in [3.05, 3.63) is 34.9 Å². The molecule has 1 aromatic carbocycles. The van der Waals surface area contributed by atoms with Crippen LogP contribution in [0.1, 0.15) is 10.4 Å². The SMILES string of the molecule is O=C(O)C1CSCCN1C(=O)c1ccc(Cl)cc1. The van der Waals surface area contributed by atoms with Gasteiger partial charge in [-0.05, 0) is 24.3 Å². The van der Waals surface area contributed by atoms with E-state index in [4.69, 9.17) is 16.7 Å². The van der Waals surface area contributed by atoms with Gasteiger partial charge in [-0.1, -0.05) is 11.6 Å². The second kappa shape index (κ2) is 5.63. The van der Waals surface area contributed by atoms with Crippen molar-refractivity contribution < 1.29 is 14.7 Å². The number of carboxylic acid groups (broad SMARTS) is 1. The van der Waals surface area contributed by atoms with Crippen LogP contribution in [0.25, 0.3) is 0 Å². The molecule has 1 fully saturated rings. The molecule has 0 radical (unpaired) electrons. The van der Waals surface area contributed by atoms with Crippen LogP contribution in [0.4, 0.5) is 0 Å².